The van der Waals surface area contributed by atoms with Gasteiger partial charge in [0.25, 0.3) is 0 Å². The molecule has 6 heterocycles. The van der Waals surface area contributed by atoms with E-state index in [0.29, 0.717) is 21.9 Å². The molecule has 0 radical (unpaired) electrons. The van der Waals surface area contributed by atoms with Gasteiger partial charge in [0.05, 0.1) is 33.2 Å². The summed E-state index contributed by atoms with van der Waals surface area (Å²) in [4.78, 5) is 29.1. The van der Waals surface area contributed by atoms with Crippen molar-refractivity contribution in [3.63, 3.8) is 0 Å². The summed E-state index contributed by atoms with van der Waals surface area (Å²) in [6.45, 7) is 0. The third-order valence-electron chi connectivity index (χ3n) is 22.9. The van der Waals surface area contributed by atoms with Crippen LogP contribution in [0.15, 0.2) is 428 Å². The molecule has 0 aliphatic rings. The average Bonchev–Trinajstić information content (AvgIpc) is 1.56. The van der Waals surface area contributed by atoms with Crippen LogP contribution >= 0.6 is 77.5 Å². The summed E-state index contributed by atoms with van der Waals surface area (Å²) >= 11 is 18.7. The average molecular weight is 1880 g/mol. The Hall–Kier alpha value is -13.9. The fourth-order valence-electron chi connectivity index (χ4n) is 16.7. The molecule has 0 spiro atoms. The van der Waals surface area contributed by atoms with Crippen LogP contribution in [-0.4, -0.2) is 64.2 Å². The summed E-state index contributed by atoms with van der Waals surface area (Å²) in [7, 11) is -2.86. The standard InChI is InChI=1S/C42H26N2S.C28H17BrN2S.C16H11ClN2.C14H11BO2.C12H8BBrO2S/c1-3-12-29(13-4-1)37-26-38(44-42(43-37)30-14-5-2-6-15-30)34-24-23-33(41-40(34)35-17-9-10-18-39(35)45-41)31-22-21-28-20-19-27-11-7-8-16-32(27)36(28)25-31;29-22-16-15-20(26-21-13-7-8-14-25(21)32-27(22)26)24-17-23(18-9-3-1-4-10-18)30-28(31-24)19-11-5-2-6-12-19;17-15-11-14(12-7-3-1-4-8-12)18-16(19-15)13-9-5-2-6-10-13;16-15(17)12-8-7-11-6-5-10-3-1-2-4-13(10)14(11)9-12;14-9-6-5-8(13(15)16)11-7-3-1-2-4-10(7)17-12(9)11/h1-26H;1-17H;1-11H;1-9,16-17H;1-6,15-16H. The molecule has 130 heavy (non-hydrogen) atoms. The lowest BCUT2D eigenvalue weighted by atomic mass is 9.77. The van der Waals surface area contributed by atoms with Gasteiger partial charge in [-0.3, -0.25) is 0 Å². The van der Waals surface area contributed by atoms with Crippen molar-refractivity contribution in [1.29, 1.82) is 0 Å². The molecular formula is C112H73B2Br2ClN6O4S3. The van der Waals surface area contributed by atoms with E-state index in [0.717, 1.165) is 135 Å². The summed E-state index contributed by atoms with van der Waals surface area (Å²) < 4.78 is 9.35. The van der Waals surface area contributed by atoms with Gasteiger partial charge < -0.3 is 20.1 Å². The molecule has 0 aliphatic carbocycles. The Bertz CT molecular complexity index is 8140. The summed E-state index contributed by atoms with van der Waals surface area (Å²) in [6.07, 6.45) is 0. The maximum atomic E-state index is 9.44. The molecule has 0 amide bonds. The Labute approximate surface area is 783 Å². The van der Waals surface area contributed by atoms with Crippen LogP contribution < -0.4 is 10.9 Å². The second-order valence-electron chi connectivity index (χ2n) is 31.1. The van der Waals surface area contributed by atoms with Gasteiger partial charge in [0.1, 0.15) is 5.15 Å². The molecule has 0 atom stereocenters. The second-order valence-corrected chi connectivity index (χ2v) is 36.3. The van der Waals surface area contributed by atoms with Gasteiger partial charge in [0.2, 0.25) is 0 Å². The molecule has 24 rings (SSSR count). The van der Waals surface area contributed by atoms with Crippen molar-refractivity contribution in [1.82, 2.24) is 29.9 Å². The smallest absolute Gasteiger partial charge is 0.423 e. The Kier molecular flexibility index (Phi) is 24.5. The van der Waals surface area contributed by atoms with E-state index in [9.17, 15) is 20.1 Å². The number of thiophene rings is 3. The first kappa shape index (κ1) is 84.3. The van der Waals surface area contributed by atoms with Crippen molar-refractivity contribution in [3.05, 3.63) is 433 Å². The first-order chi connectivity index (χ1) is 63.8. The fraction of sp³-hybridized carbons (Fsp3) is 0. The van der Waals surface area contributed by atoms with Crippen molar-refractivity contribution in [2.45, 2.75) is 0 Å². The van der Waals surface area contributed by atoms with Crippen molar-refractivity contribution in [2.24, 2.45) is 0 Å². The van der Waals surface area contributed by atoms with Crippen molar-refractivity contribution in [2.75, 3.05) is 0 Å². The van der Waals surface area contributed by atoms with Crippen LogP contribution in [0.5, 0.6) is 0 Å². The Balaban J connectivity index is 0.000000108. The number of rotatable bonds is 11. The van der Waals surface area contributed by atoms with E-state index < -0.39 is 14.2 Å². The lowest BCUT2D eigenvalue weighted by Crippen LogP contribution is -2.30. The van der Waals surface area contributed by atoms with Gasteiger partial charge in [0.15, 0.2) is 17.5 Å². The van der Waals surface area contributed by atoms with Crippen LogP contribution in [0.4, 0.5) is 0 Å². The summed E-state index contributed by atoms with van der Waals surface area (Å²) in [6, 6.07) is 142. The number of benzene rings is 18. The Morgan fingerprint density at radius 1 is 0.231 bits per heavy atom. The normalized spacial score (nSPS) is 11.2. The lowest BCUT2D eigenvalue weighted by Gasteiger charge is -2.13. The highest BCUT2D eigenvalue weighted by atomic mass is 79.9. The highest BCUT2D eigenvalue weighted by Crippen LogP contribution is 2.48. The maximum absolute atomic E-state index is 9.44. The van der Waals surface area contributed by atoms with Crippen LogP contribution in [0.25, 0.3) is 205 Å². The number of halogens is 3. The molecule has 0 saturated carbocycles. The molecule has 10 nitrogen and oxygen atoms in total. The van der Waals surface area contributed by atoms with Crippen LogP contribution in [0.1, 0.15) is 0 Å². The highest BCUT2D eigenvalue weighted by Gasteiger charge is 2.24. The minimum Gasteiger partial charge on any atom is -0.423 e. The van der Waals surface area contributed by atoms with E-state index >= 15 is 0 Å². The van der Waals surface area contributed by atoms with E-state index in [1.54, 1.807) is 29.5 Å². The first-order valence-corrected chi connectivity index (χ1v) is 46.6. The van der Waals surface area contributed by atoms with E-state index in [1.807, 2.05) is 211 Å². The van der Waals surface area contributed by atoms with Crippen LogP contribution in [0, 0.1) is 0 Å². The second kappa shape index (κ2) is 37.8. The van der Waals surface area contributed by atoms with E-state index in [2.05, 4.69) is 254 Å². The van der Waals surface area contributed by atoms with Crippen LogP contribution in [-0.2, 0) is 0 Å². The Morgan fingerprint density at radius 2 is 0.554 bits per heavy atom. The number of fused-ring (bicyclic) bond motifs is 15. The predicted octanol–water partition coefficient (Wildman–Crippen LogP) is 29.1. The zero-order chi connectivity index (χ0) is 88.1. The van der Waals surface area contributed by atoms with Crippen LogP contribution in [0.3, 0.4) is 0 Å². The molecule has 0 aliphatic heterocycles. The zero-order valence-corrected chi connectivity index (χ0v) is 75.7. The first-order valence-electron chi connectivity index (χ1n) is 42.2. The number of hydrogen-bond acceptors (Lipinski definition) is 13. The lowest BCUT2D eigenvalue weighted by molar-refractivity contribution is 0.425. The molecule has 24 aromatic rings. The number of hydrogen-bond donors (Lipinski definition) is 4. The van der Waals surface area contributed by atoms with E-state index in [4.69, 9.17) is 31.5 Å². The fourth-order valence-corrected chi connectivity index (χ4v) is 21.5. The molecular weight excluding hydrogens is 1810 g/mol. The molecule has 620 valence electrons. The molecule has 6 aromatic heterocycles. The van der Waals surface area contributed by atoms with Gasteiger partial charge in [-0.2, -0.15) is 0 Å². The van der Waals surface area contributed by atoms with Gasteiger partial charge >= 0.3 is 14.2 Å². The molecule has 18 aromatic carbocycles. The summed E-state index contributed by atoms with van der Waals surface area (Å²) in [5, 5.41) is 54.2. The number of nitrogens with zero attached hydrogens (tertiary/aromatic N) is 6. The molecule has 18 heteroatoms. The molecule has 0 bridgehead atoms. The van der Waals surface area contributed by atoms with Gasteiger partial charge in [-0.15, -0.1) is 34.0 Å². The van der Waals surface area contributed by atoms with Crippen molar-refractivity contribution >= 4 is 206 Å². The summed E-state index contributed by atoms with van der Waals surface area (Å²) in [5.41, 5.74) is 16.5. The predicted molar refractivity (Wildman–Crippen MR) is 557 cm³/mol. The Morgan fingerprint density at radius 3 is 1.01 bits per heavy atom. The van der Waals surface area contributed by atoms with E-state index in [-0.39, 0.29) is 0 Å². The van der Waals surface area contributed by atoms with Gasteiger partial charge in [-0.1, -0.05) is 376 Å². The third kappa shape index (κ3) is 17.6. The molecule has 0 fully saturated rings. The van der Waals surface area contributed by atoms with Gasteiger partial charge in [-0.25, -0.2) is 29.9 Å². The largest absolute Gasteiger partial charge is 0.489 e. The van der Waals surface area contributed by atoms with E-state index in [1.165, 1.54) is 73.0 Å². The zero-order valence-electron chi connectivity index (χ0n) is 69.3. The van der Waals surface area contributed by atoms with Crippen molar-refractivity contribution in [3.8, 4) is 102 Å². The van der Waals surface area contributed by atoms with Crippen molar-refractivity contribution < 1.29 is 20.1 Å². The quantitative estimate of drug-likeness (QED) is 0.0558. The van der Waals surface area contributed by atoms with Gasteiger partial charge in [0, 0.05) is 115 Å². The monoisotopic (exact) mass is 1880 g/mol. The molecule has 0 unspecified atom stereocenters. The molecule has 0 saturated heterocycles. The van der Waals surface area contributed by atoms with Gasteiger partial charge in [-0.05, 0) is 146 Å². The third-order valence-corrected chi connectivity index (χ3v) is 28.6. The SMILES string of the molecule is Brc1ccc(-c2cc(-c3ccccc3)nc(-c3ccccc3)n2)c2c1sc1ccccc12.Clc1cc(-c2ccccc2)nc(-c2ccccc2)n1.OB(O)c1ccc(Br)c2sc3ccccc3c12.OB(O)c1ccc2ccc3ccccc3c2c1.c1ccc(-c2cc(-c3ccc(-c4ccc5ccc6ccccc6c5c4)c4sc5ccccc5c34)nc(-c3ccccc3)n2)cc1. The minimum atomic E-state index is -1.44. The topological polar surface area (TPSA) is 158 Å². The number of aromatic nitrogens is 6. The highest BCUT2D eigenvalue weighted by molar-refractivity contribution is 9.11. The molecule has 4 N–H and O–H groups in total. The maximum Gasteiger partial charge on any atom is 0.489 e. The minimum absolute atomic E-state index is 0.452. The van der Waals surface area contributed by atoms with Crippen LogP contribution in [0.2, 0.25) is 5.15 Å². The summed E-state index contributed by atoms with van der Waals surface area (Å²) in [5.74, 6) is 2.11.